The van der Waals surface area contributed by atoms with E-state index in [4.69, 9.17) is 11.6 Å². The highest BCUT2D eigenvalue weighted by Gasteiger charge is 2.39. The number of pyridine rings is 1. The zero-order valence-electron chi connectivity index (χ0n) is 10.2. The summed E-state index contributed by atoms with van der Waals surface area (Å²) in [6.07, 6.45) is 4.36. The third-order valence-electron chi connectivity index (χ3n) is 3.60. The van der Waals surface area contributed by atoms with Crippen LogP contribution in [0.4, 0.5) is 0 Å². The van der Waals surface area contributed by atoms with Crippen molar-refractivity contribution in [1.82, 2.24) is 14.5 Å². The van der Waals surface area contributed by atoms with Gasteiger partial charge < -0.3 is 4.57 Å². The second kappa shape index (κ2) is 3.98. The third-order valence-corrected chi connectivity index (χ3v) is 3.84. The molecule has 0 radical (unpaired) electrons. The molecule has 2 aromatic rings. The first kappa shape index (κ1) is 11.0. The number of fused-ring (bicyclic) bond motifs is 1. The predicted molar refractivity (Wildman–Crippen MR) is 69.3 cm³/mol. The summed E-state index contributed by atoms with van der Waals surface area (Å²) in [6, 6.07) is 2.65. The molecule has 2 atom stereocenters. The maximum Gasteiger partial charge on any atom is 0.160 e. The topological polar surface area (TPSA) is 30.7 Å². The van der Waals surface area contributed by atoms with Crippen molar-refractivity contribution in [1.29, 1.82) is 0 Å². The number of hydrogen-bond donors (Lipinski definition) is 0. The molecule has 0 amide bonds. The molecule has 1 aliphatic rings. The lowest BCUT2D eigenvalue weighted by atomic mass is 10.3. The standard InChI is InChI=1S/C13H16ClN3/c1-3-9-5-11(9)17-12(6-14)16-10-4-8(2)7-15-13(10)17/h4,7,9,11H,3,5-6H2,1-2H3. The van der Waals surface area contributed by atoms with Crippen LogP contribution in [-0.4, -0.2) is 14.5 Å². The molecular weight excluding hydrogens is 234 g/mol. The van der Waals surface area contributed by atoms with Gasteiger partial charge in [0.2, 0.25) is 0 Å². The zero-order chi connectivity index (χ0) is 12.0. The summed E-state index contributed by atoms with van der Waals surface area (Å²) in [4.78, 5) is 9.11. The molecule has 2 unspecified atom stereocenters. The van der Waals surface area contributed by atoms with Gasteiger partial charge in [0.15, 0.2) is 5.65 Å². The summed E-state index contributed by atoms with van der Waals surface area (Å²) in [7, 11) is 0. The van der Waals surface area contributed by atoms with E-state index in [-0.39, 0.29) is 0 Å². The van der Waals surface area contributed by atoms with E-state index in [1.807, 2.05) is 13.1 Å². The van der Waals surface area contributed by atoms with Crippen molar-refractivity contribution < 1.29 is 0 Å². The minimum atomic E-state index is 0.461. The van der Waals surface area contributed by atoms with Crippen molar-refractivity contribution in [3.05, 3.63) is 23.7 Å². The highest BCUT2D eigenvalue weighted by atomic mass is 35.5. The first-order valence-corrected chi connectivity index (χ1v) is 6.67. The predicted octanol–water partition coefficient (Wildman–Crippen LogP) is 3.45. The van der Waals surface area contributed by atoms with Gasteiger partial charge in [0, 0.05) is 12.2 Å². The van der Waals surface area contributed by atoms with Gasteiger partial charge in [-0.2, -0.15) is 0 Å². The normalized spacial score (nSPS) is 23.2. The van der Waals surface area contributed by atoms with Crippen LogP contribution in [0.2, 0.25) is 0 Å². The van der Waals surface area contributed by atoms with Gasteiger partial charge in [0.05, 0.1) is 5.88 Å². The molecule has 17 heavy (non-hydrogen) atoms. The molecule has 0 N–H and O–H groups in total. The van der Waals surface area contributed by atoms with Crippen LogP contribution in [0.5, 0.6) is 0 Å². The zero-order valence-corrected chi connectivity index (χ0v) is 10.9. The second-order valence-electron chi connectivity index (χ2n) is 4.86. The fourth-order valence-electron chi connectivity index (χ4n) is 2.56. The number of alkyl halides is 1. The molecule has 0 saturated heterocycles. The third kappa shape index (κ3) is 1.73. The SMILES string of the molecule is CCC1CC1n1c(CCl)nc2cc(C)cnc21. The Labute approximate surface area is 106 Å². The van der Waals surface area contributed by atoms with Gasteiger partial charge in [0.1, 0.15) is 11.3 Å². The highest BCUT2D eigenvalue weighted by Crippen LogP contribution is 2.47. The largest absolute Gasteiger partial charge is 0.308 e. The van der Waals surface area contributed by atoms with E-state index in [2.05, 4.69) is 27.5 Å². The first-order valence-electron chi connectivity index (χ1n) is 6.14. The molecule has 0 bridgehead atoms. The summed E-state index contributed by atoms with van der Waals surface area (Å²) in [5, 5.41) is 0. The number of halogens is 1. The summed E-state index contributed by atoms with van der Waals surface area (Å²) < 4.78 is 2.25. The lowest BCUT2D eigenvalue weighted by Gasteiger charge is -2.05. The summed E-state index contributed by atoms with van der Waals surface area (Å²) in [6.45, 7) is 4.28. The fraction of sp³-hybridized carbons (Fsp3) is 0.538. The van der Waals surface area contributed by atoms with Crippen molar-refractivity contribution in [2.75, 3.05) is 0 Å². The molecule has 1 saturated carbocycles. The van der Waals surface area contributed by atoms with E-state index >= 15 is 0 Å². The van der Waals surface area contributed by atoms with E-state index in [1.54, 1.807) is 0 Å². The van der Waals surface area contributed by atoms with Crippen LogP contribution in [0.1, 0.15) is 37.2 Å². The Hall–Kier alpha value is -1.09. The minimum absolute atomic E-state index is 0.461. The van der Waals surface area contributed by atoms with Crippen molar-refractivity contribution in [3.63, 3.8) is 0 Å². The van der Waals surface area contributed by atoms with Crippen LogP contribution in [0, 0.1) is 12.8 Å². The first-order chi connectivity index (χ1) is 8.24. The van der Waals surface area contributed by atoms with E-state index in [0.29, 0.717) is 11.9 Å². The van der Waals surface area contributed by atoms with Crippen LogP contribution in [-0.2, 0) is 5.88 Å². The molecule has 0 aromatic carbocycles. The molecule has 2 heterocycles. The summed E-state index contributed by atoms with van der Waals surface area (Å²) >= 11 is 5.99. The van der Waals surface area contributed by atoms with E-state index in [9.17, 15) is 0 Å². The Morgan fingerprint density at radius 1 is 1.53 bits per heavy atom. The van der Waals surface area contributed by atoms with Crippen LogP contribution in [0.25, 0.3) is 11.2 Å². The van der Waals surface area contributed by atoms with Gasteiger partial charge in [-0.1, -0.05) is 13.3 Å². The number of imidazole rings is 1. The molecule has 0 aliphatic heterocycles. The van der Waals surface area contributed by atoms with E-state index in [0.717, 1.165) is 28.5 Å². The average molecular weight is 250 g/mol. The Morgan fingerprint density at radius 2 is 2.35 bits per heavy atom. The van der Waals surface area contributed by atoms with Crippen LogP contribution >= 0.6 is 11.6 Å². The average Bonchev–Trinajstić information content (AvgIpc) is 3.02. The lowest BCUT2D eigenvalue weighted by molar-refractivity contribution is 0.633. The van der Waals surface area contributed by atoms with Gasteiger partial charge in [-0.25, -0.2) is 9.97 Å². The molecule has 1 aliphatic carbocycles. The Morgan fingerprint density at radius 3 is 3.00 bits per heavy atom. The van der Waals surface area contributed by atoms with Crippen LogP contribution in [0.15, 0.2) is 12.3 Å². The highest BCUT2D eigenvalue weighted by molar-refractivity contribution is 6.16. The van der Waals surface area contributed by atoms with E-state index in [1.165, 1.54) is 12.8 Å². The molecule has 1 fully saturated rings. The van der Waals surface area contributed by atoms with Gasteiger partial charge in [-0.05, 0) is 30.9 Å². The van der Waals surface area contributed by atoms with Crippen molar-refractivity contribution >= 4 is 22.8 Å². The Bertz CT molecular complexity index is 561. The van der Waals surface area contributed by atoms with E-state index < -0.39 is 0 Å². The number of hydrogen-bond acceptors (Lipinski definition) is 2. The Kier molecular flexibility index (Phi) is 2.58. The Balaban J connectivity index is 2.14. The van der Waals surface area contributed by atoms with Crippen LogP contribution in [0.3, 0.4) is 0 Å². The minimum Gasteiger partial charge on any atom is -0.308 e. The summed E-state index contributed by atoms with van der Waals surface area (Å²) in [5.41, 5.74) is 3.11. The molecule has 0 spiro atoms. The van der Waals surface area contributed by atoms with Crippen molar-refractivity contribution in [2.24, 2.45) is 5.92 Å². The number of aryl methyl sites for hydroxylation is 1. The smallest absolute Gasteiger partial charge is 0.160 e. The van der Waals surface area contributed by atoms with Gasteiger partial charge in [-0.3, -0.25) is 0 Å². The maximum atomic E-state index is 5.99. The monoisotopic (exact) mass is 249 g/mol. The quantitative estimate of drug-likeness (QED) is 0.780. The van der Waals surface area contributed by atoms with Crippen molar-refractivity contribution in [3.8, 4) is 0 Å². The van der Waals surface area contributed by atoms with Gasteiger partial charge in [-0.15, -0.1) is 11.6 Å². The lowest BCUT2D eigenvalue weighted by Crippen LogP contribution is -2.02. The van der Waals surface area contributed by atoms with Crippen molar-refractivity contribution in [2.45, 2.75) is 38.6 Å². The number of nitrogens with zero attached hydrogens (tertiary/aromatic N) is 3. The fourth-order valence-corrected chi connectivity index (χ4v) is 2.75. The maximum absolute atomic E-state index is 5.99. The van der Waals surface area contributed by atoms with Gasteiger partial charge in [0.25, 0.3) is 0 Å². The van der Waals surface area contributed by atoms with Gasteiger partial charge >= 0.3 is 0 Å². The number of rotatable bonds is 3. The summed E-state index contributed by atoms with van der Waals surface area (Å²) in [5.74, 6) is 2.20. The molecular formula is C13H16ClN3. The van der Waals surface area contributed by atoms with Crippen LogP contribution < -0.4 is 0 Å². The molecule has 4 heteroatoms. The number of aromatic nitrogens is 3. The molecule has 3 nitrogen and oxygen atoms in total. The molecule has 3 rings (SSSR count). The molecule has 2 aromatic heterocycles. The second-order valence-corrected chi connectivity index (χ2v) is 5.13. The molecule has 90 valence electrons.